The van der Waals surface area contributed by atoms with Gasteiger partial charge in [0.05, 0.1) is 10.8 Å². The smallest absolute Gasteiger partial charge is 0.343 e. The summed E-state index contributed by atoms with van der Waals surface area (Å²) in [7, 11) is 0. The number of nitrogens with zero attached hydrogens (tertiary/aromatic N) is 4. The molecule has 3 heterocycles. The number of benzene rings is 3. The van der Waals surface area contributed by atoms with Gasteiger partial charge in [0.25, 0.3) is 0 Å². The molecule has 0 amide bonds. The van der Waals surface area contributed by atoms with Crippen LogP contribution in [0.2, 0.25) is 0 Å². The van der Waals surface area contributed by atoms with Crippen molar-refractivity contribution < 1.29 is 13.9 Å². The number of phenolic OH excluding ortho intramolecular Hbond substituents is 1. The number of anilines is 1. The first-order chi connectivity index (χ1) is 17.9. The van der Waals surface area contributed by atoms with E-state index in [-0.39, 0.29) is 11.6 Å². The van der Waals surface area contributed by atoms with E-state index in [0.717, 1.165) is 22.6 Å². The molecule has 182 valence electrons. The molecule has 6 rings (SSSR count). The first kappa shape index (κ1) is 22.4. The number of aromatic nitrogens is 4. The van der Waals surface area contributed by atoms with Crippen LogP contribution in [-0.2, 0) is 0 Å². The lowest BCUT2D eigenvalue weighted by Crippen LogP contribution is -2.14. The molecule has 0 saturated heterocycles. The summed E-state index contributed by atoms with van der Waals surface area (Å²) in [5, 5.41) is 16.3. The second kappa shape index (κ2) is 8.56. The molecule has 37 heavy (non-hydrogen) atoms. The normalized spacial score (nSPS) is 12.3. The zero-order valence-electron chi connectivity index (χ0n) is 19.6. The van der Waals surface area contributed by atoms with Crippen molar-refractivity contribution in [1.29, 1.82) is 0 Å². The second-order valence-electron chi connectivity index (χ2n) is 8.67. The molecule has 0 aliphatic rings. The number of hydrogen-bond acceptors (Lipinski definition) is 7. The Labute approximate surface area is 209 Å². The summed E-state index contributed by atoms with van der Waals surface area (Å²) < 4.78 is 21.7. The summed E-state index contributed by atoms with van der Waals surface area (Å²) in [6, 6.07) is 19.9. The Hall–Kier alpha value is -5.05. The third-order valence-corrected chi connectivity index (χ3v) is 6.35. The lowest BCUT2D eigenvalue weighted by molar-refractivity contribution is 0.405. The molecule has 3 aromatic carbocycles. The predicted octanol–water partition coefficient (Wildman–Crippen LogP) is 5.30. The van der Waals surface area contributed by atoms with Crippen molar-refractivity contribution in [2.24, 2.45) is 0 Å². The van der Waals surface area contributed by atoms with Gasteiger partial charge < -0.3 is 15.3 Å². The van der Waals surface area contributed by atoms with Crippen LogP contribution in [0.15, 0.2) is 88.3 Å². The zero-order chi connectivity index (χ0) is 25.7. The molecule has 9 heteroatoms. The van der Waals surface area contributed by atoms with Crippen molar-refractivity contribution in [2.75, 3.05) is 5.73 Å². The van der Waals surface area contributed by atoms with Crippen LogP contribution in [-0.4, -0.2) is 24.9 Å². The van der Waals surface area contributed by atoms with E-state index in [4.69, 9.17) is 15.2 Å². The highest BCUT2D eigenvalue weighted by Crippen LogP contribution is 2.38. The maximum atomic E-state index is 14.2. The fourth-order valence-corrected chi connectivity index (χ4v) is 4.70. The quantitative estimate of drug-likeness (QED) is 0.342. The van der Waals surface area contributed by atoms with Gasteiger partial charge in [-0.2, -0.15) is 5.10 Å². The fourth-order valence-electron chi connectivity index (χ4n) is 4.70. The second-order valence-corrected chi connectivity index (χ2v) is 8.67. The first-order valence-corrected chi connectivity index (χ1v) is 11.5. The lowest BCUT2D eigenvalue weighted by Gasteiger charge is -2.18. The van der Waals surface area contributed by atoms with E-state index in [1.54, 1.807) is 16.8 Å². The van der Waals surface area contributed by atoms with Gasteiger partial charge in [0.15, 0.2) is 5.65 Å². The predicted molar refractivity (Wildman–Crippen MR) is 139 cm³/mol. The largest absolute Gasteiger partial charge is 0.508 e. The van der Waals surface area contributed by atoms with Gasteiger partial charge in [0, 0.05) is 22.6 Å². The van der Waals surface area contributed by atoms with Crippen LogP contribution in [0.25, 0.3) is 44.2 Å². The van der Waals surface area contributed by atoms with Crippen LogP contribution in [0.3, 0.4) is 0 Å². The van der Waals surface area contributed by atoms with Gasteiger partial charge in [0.2, 0.25) is 0 Å². The number of fused-ring (bicyclic) bond motifs is 2. The highest BCUT2D eigenvalue weighted by Gasteiger charge is 2.26. The van der Waals surface area contributed by atoms with E-state index in [1.165, 1.54) is 18.5 Å². The monoisotopic (exact) mass is 493 g/mol. The number of aromatic hydroxyl groups is 1. The Balaban J connectivity index is 1.65. The van der Waals surface area contributed by atoms with E-state index in [1.807, 2.05) is 49.4 Å². The van der Waals surface area contributed by atoms with Crippen molar-refractivity contribution >= 4 is 27.6 Å². The molecular formula is C28H20FN5O3. The van der Waals surface area contributed by atoms with Crippen molar-refractivity contribution in [1.82, 2.24) is 19.7 Å². The van der Waals surface area contributed by atoms with Crippen molar-refractivity contribution in [3.05, 3.63) is 101 Å². The Morgan fingerprint density at radius 1 is 0.973 bits per heavy atom. The van der Waals surface area contributed by atoms with Gasteiger partial charge in [-0.3, -0.25) is 0 Å². The highest BCUT2D eigenvalue weighted by atomic mass is 19.1. The van der Waals surface area contributed by atoms with Gasteiger partial charge in [0.1, 0.15) is 41.2 Å². The molecule has 0 fully saturated rings. The van der Waals surface area contributed by atoms with Gasteiger partial charge in [-0.25, -0.2) is 23.8 Å². The number of rotatable bonds is 4. The third-order valence-electron chi connectivity index (χ3n) is 6.35. The number of nitrogen functional groups attached to an aromatic ring is 1. The minimum Gasteiger partial charge on any atom is -0.508 e. The van der Waals surface area contributed by atoms with Crippen LogP contribution in [0.1, 0.15) is 18.7 Å². The summed E-state index contributed by atoms with van der Waals surface area (Å²) in [4.78, 5) is 21.5. The molecule has 1 atom stereocenters. The number of phenols is 1. The Morgan fingerprint density at radius 2 is 1.70 bits per heavy atom. The SMILES string of the molecule is CC(c1oc(=O)c2ccccc2c1-c1ccccc1)n1nc(-c2cc(O)cc(F)c2)c2c(N)ncnc21. The number of hydrogen-bond donors (Lipinski definition) is 2. The summed E-state index contributed by atoms with van der Waals surface area (Å²) in [5.74, 6) is -0.364. The van der Waals surface area contributed by atoms with Gasteiger partial charge in [-0.05, 0) is 30.7 Å². The van der Waals surface area contributed by atoms with E-state index in [2.05, 4.69) is 9.97 Å². The molecule has 1 unspecified atom stereocenters. The van der Waals surface area contributed by atoms with Crippen LogP contribution < -0.4 is 11.4 Å². The maximum absolute atomic E-state index is 14.2. The van der Waals surface area contributed by atoms with E-state index in [0.29, 0.717) is 33.4 Å². The molecular weight excluding hydrogens is 473 g/mol. The third kappa shape index (κ3) is 3.68. The molecule has 0 radical (unpaired) electrons. The lowest BCUT2D eigenvalue weighted by atomic mass is 9.96. The number of nitrogens with two attached hydrogens (primary N) is 1. The molecule has 0 aliphatic carbocycles. The van der Waals surface area contributed by atoms with Gasteiger partial charge >= 0.3 is 5.63 Å². The van der Waals surface area contributed by atoms with Gasteiger partial charge in [-0.1, -0.05) is 48.5 Å². The van der Waals surface area contributed by atoms with Crippen molar-refractivity contribution in [3.8, 4) is 28.1 Å². The van der Waals surface area contributed by atoms with Gasteiger partial charge in [-0.15, -0.1) is 0 Å². The maximum Gasteiger partial charge on any atom is 0.343 e. The molecule has 0 bridgehead atoms. The summed E-state index contributed by atoms with van der Waals surface area (Å²) in [6.07, 6.45) is 1.31. The molecule has 0 saturated carbocycles. The molecule has 6 aromatic rings. The van der Waals surface area contributed by atoms with Crippen molar-refractivity contribution in [2.45, 2.75) is 13.0 Å². The van der Waals surface area contributed by atoms with Crippen LogP contribution >= 0.6 is 0 Å². The molecule has 3 aromatic heterocycles. The Morgan fingerprint density at radius 3 is 2.46 bits per heavy atom. The summed E-state index contributed by atoms with van der Waals surface area (Å²) in [5.41, 5.74) is 8.31. The summed E-state index contributed by atoms with van der Waals surface area (Å²) in [6.45, 7) is 1.83. The molecule has 0 aliphatic heterocycles. The average molecular weight is 493 g/mol. The molecule has 0 spiro atoms. The van der Waals surface area contributed by atoms with Crippen LogP contribution in [0.4, 0.5) is 10.2 Å². The minimum atomic E-state index is -0.631. The van der Waals surface area contributed by atoms with E-state index in [9.17, 15) is 14.3 Å². The first-order valence-electron chi connectivity index (χ1n) is 11.5. The topological polar surface area (TPSA) is 120 Å². The number of halogens is 1. The van der Waals surface area contributed by atoms with E-state index >= 15 is 0 Å². The van der Waals surface area contributed by atoms with Crippen molar-refractivity contribution in [3.63, 3.8) is 0 Å². The minimum absolute atomic E-state index is 0.144. The summed E-state index contributed by atoms with van der Waals surface area (Å²) >= 11 is 0. The molecule has 3 N–H and O–H groups in total. The fraction of sp³-hybridized carbons (Fsp3) is 0.0714. The van der Waals surface area contributed by atoms with Crippen LogP contribution in [0.5, 0.6) is 5.75 Å². The Kier molecular flexibility index (Phi) is 5.19. The van der Waals surface area contributed by atoms with Crippen LogP contribution in [0, 0.1) is 5.82 Å². The zero-order valence-corrected chi connectivity index (χ0v) is 19.6. The average Bonchev–Trinajstić information content (AvgIpc) is 3.29. The standard InChI is InChI=1S/C28H20FN5O3/c1-15(25-22(16-7-3-2-4-8-16)20-9-5-6-10-21(20)28(36)37-25)34-27-23(26(30)31-14-32-27)24(33-34)17-11-18(29)13-19(35)12-17/h2-15,35H,1H3,(H2,30,31,32). The molecule has 8 nitrogen and oxygen atoms in total. The van der Waals surface area contributed by atoms with E-state index < -0.39 is 17.5 Å². The highest BCUT2D eigenvalue weighted by molar-refractivity contribution is 5.99. The Bertz CT molecular complexity index is 1840.